The Morgan fingerprint density at radius 3 is 2.61 bits per heavy atom. The Labute approximate surface area is 174 Å². The van der Waals surface area contributed by atoms with E-state index in [1.54, 1.807) is 49.8 Å². The van der Waals surface area contributed by atoms with Crippen molar-refractivity contribution in [3.63, 3.8) is 0 Å². The van der Waals surface area contributed by atoms with E-state index in [2.05, 4.69) is 10.4 Å². The van der Waals surface area contributed by atoms with Crippen molar-refractivity contribution in [2.45, 2.75) is 45.6 Å². The predicted octanol–water partition coefficient (Wildman–Crippen LogP) is 4.37. The van der Waals surface area contributed by atoms with E-state index in [1.807, 2.05) is 0 Å². The predicted molar refractivity (Wildman–Crippen MR) is 108 cm³/mol. The summed E-state index contributed by atoms with van der Waals surface area (Å²) in [6.07, 6.45) is 3.35. The maximum Gasteiger partial charge on any atom is 0.310 e. The molecule has 8 heteroatoms. The van der Waals surface area contributed by atoms with Gasteiger partial charge in [-0.2, -0.15) is 5.10 Å². The first-order valence-electron chi connectivity index (χ1n) is 9.30. The highest BCUT2D eigenvalue weighted by molar-refractivity contribution is 6.35. The molecule has 1 heterocycles. The Bertz CT molecular complexity index is 891. The van der Waals surface area contributed by atoms with Gasteiger partial charge in [0.2, 0.25) is 0 Å². The lowest BCUT2D eigenvalue weighted by Gasteiger charge is -2.15. The molecule has 3 rings (SSSR count). The molecule has 0 radical (unpaired) electrons. The van der Waals surface area contributed by atoms with Crippen LogP contribution in [0, 0.1) is 5.92 Å². The van der Waals surface area contributed by atoms with Gasteiger partial charge in [-0.15, -0.1) is 0 Å². The number of halogens is 2. The fourth-order valence-electron chi connectivity index (χ4n) is 2.90. The molecule has 1 unspecified atom stereocenters. The van der Waals surface area contributed by atoms with Gasteiger partial charge in [-0.3, -0.25) is 9.59 Å². The first-order valence-corrected chi connectivity index (χ1v) is 10.1. The Hall–Kier alpha value is -2.05. The van der Waals surface area contributed by atoms with Crippen molar-refractivity contribution in [1.29, 1.82) is 0 Å². The van der Waals surface area contributed by atoms with Crippen LogP contribution >= 0.6 is 23.2 Å². The van der Waals surface area contributed by atoms with Gasteiger partial charge >= 0.3 is 5.97 Å². The zero-order chi connectivity index (χ0) is 20.4. The first-order chi connectivity index (χ1) is 13.3. The summed E-state index contributed by atoms with van der Waals surface area (Å²) in [7, 11) is 0. The van der Waals surface area contributed by atoms with Crippen molar-refractivity contribution >= 4 is 35.1 Å². The van der Waals surface area contributed by atoms with Crippen molar-refractivity contribution in [1.82, 2.24) is 15.1 Å². The quantitative estimate of drug-likeness (QED) is 0.670. The van der Waals surface area contributed by atoms with Crippen molar-refractivity contribution in [2.75, 3.05) is 6.54 Å². The Morgan fingerprint density at radius 1 is 1.29 bits per heavy atom. The number of ether oxygens (including phenoxy) is 1. The second-order valence-corrected chi connectivity index (χ2v) is 8.17. The number of carbonyl (C=O) groups excluding carboxylic acids is 2. The number of hydrogen-bond donors (Lipinski definition) is 1. The van der Waals surface area contributed by atoms with Gasteiger partial charge < -0.3 is 10.1 Å². The Kier molecular flexibility index (Phi) is 6.30. The van der Waals surface area contributed by atoms with Gasteiger partial charge in [0.25, 0.3) is 5.91 Å². The van der Waals surface area contributed by atoms with Gasteiger partial charge in [-0.05, 0) is 44.9 Å². The Morgan fingerprint density at radius 2 is 2.00 bits per heavy atom. The molecule has 0 saturated heterocycles. The van der Waals surface area contributed by atoms with E-state index in [9.17, 15) is 9.59 Å². The molecular formula is C20H23Cl2N3O3. The molecule has 1 atom stereocenters. The Balaban J connectivity index is 1.78. The summed E-state index contributed by atoms with van der Waals surface area (Å²) >= 11 is 12.3. The van der Waals surface area contributed by atoms with Crippen LogP contribution in [0.5, 0.6) is 0 Å². The molecule has 0 aliphatic heterocycles. The van der Waals surface area contributed by atoms with E-state index < -0.39 is 5.92 Å². The minimum Gasteiger partial charge on any atom is -0.463 e. The van der Waals surface area contributed by atoms with E-state index in [4.69, 9.17) is 27.9 Å². The van der Waals surface area contributed by atoms with E-state index >= 15 is 0 Å². The van der Waals surface area contributed by atoms with Crippen molar-refractivity contribution in [3.05, 3.63) is 45.7 Å². The maximum absolute atomic E-state index is 12.8. The normalized spacial score (nSPS) is 14.8. The van der Waals surface area contributed by atoms with E-state index in [0.29, 0.717) is 21.3 Å². The smallest absolute Gasteiger partial charge is 0.310 e. The van der Waals surface area contributed by atoms with E-state index in [1.165, 1.54) is 0 Å². The minimum atomic E-state index is -0.434. The van der Waals surface area contributed by atoms with Crippen molar-refractivity contribution < 1.29 is 14.3 Å². The largest absolute Gasteiger partial charge is 0.463 e. The van der Waals surface area contributed by atoms with Gasteiger partial charge in [-0.25, -0.2) is 4.68 Å². The summed E-state index contributed by atoms with van der Waals surface area (Å²) in [5.74, 6) is -0.765. The standard InChI is InChI=1S/C20H23Cl2N3O3/c1-11(2)28-20(27)12(3)9-23-19(26)15-10-24-25(18(15)13-4-5-13)17-7-6-14(21)8-16(17)22/h6-8,10-13H,4-5,9H2,1-3H3,(H,23,26). The molecule has 1 amide bonds. The zero-order valence-corrected chi connectivity index (χ0v) is 17.5. The summed E-state index contributed by atoms with van der Waals surface area (Å²) in [6.45, 7) is 5.51. The number of carbonyl (C=O) groups is 2. The summed E-state index contributed by atoms with van der Waals surface area (Å²) in [4.78, 5) is 24.7. The summed E-state index contributed by atoms with van der Waals surface area (Å²) in [5, 5.41) is 8.22. The van der Waals surface area contributed by atoms with Gasteiger partial charge in [0.05, 0.1) is 40.2 Å². The molecule has 1 aliphatic rings. The molecule has 150 valence electrons. The highest BCUT2D eigenvalue weighted by Gasteiger charge is 2.33. The molecule has 0 bridgehead atoms. The SMILES string of the molecule is CC(C)OC(=O)C(C)CNC(=O)c1cnn(-c2ccc(Cl)cc2Cl)c1C1CC1. The molecule has 28 heavy (non-hydrogen) atoms. The van der Waals surface area contributed by atoms with Crippen molar-refractivity contribution in [2.24, 2.45) is 5.92 Å². The average molecular weight is 424 g/mol. The monoisotopic (exact) mass is 423 g/mol. The van der Waals surface area contributed by atoms with E-state index in [0.717, 1.165) is 18.5 Å². The number of nitrogens with one attached hydrogen (secondary N) is 1. The van der Waals surface area contributed by atoms with Crippen LogP contribution in [0.25, 0.3) is 5.69 Å². The van der Waals surface area contributed by atoms with Gasteiger partial charge in [0.1, 0.15) is 0 Å². The first kappa shape index (κ1) is 20.7. The number of nitrogens with zero attached hydrogens (tertiary/aromatic N) is 2. The molecule has 1 aromatic heterocycles. The molecular weight excluding hydrogens is 401 g/mol. The third kappa shape index (κ3) is 4.67. The van der Waals surface area contributed by atoms with Crippen LogP contribution in [0.3, 0.4) is 0 Å². The number of rotatable bonds is 7. The van der Waals surface area contributed by atoms with Gasteiger partial charge in [0, 0.05) is 17.5 Å². The second kappa shape index (κ2) is 8.53. The van der Waals surface area contributed by atoms with Crippen molar-refractivity contribution in [3.8, 4) is 5.69 Å². The van der Waals surface area contributed by atoms with Crippen LogP contribution in [0.4, 0.5) is 0 Å². The fraction of sp³-hybridized carbons (Fsp3) is 0.450. The molecule has 1 saturated carbocycles. The zero-order valence-electron chi connectivity index (χ0n) is 16.0. The third-order valence-corrected chi connectivity index (χ3v) is 5.01. The third-order valence-electron chi connectivity index (χ3n) is 4.48. The van der Waals surface area contributed by atoms with E-state index in [-0.39, 0.29) is 30.4 Å². The minimum absolute atomic E-state index is 0.186. The number of hydrogen-bond acceptors (Lipinski definition) is 4. The lowest BCUT2D eigenvalue weighted by Crippen LogP contribution is -2.33. The topological polar surface area (TPSA) is 73.2 Å². The lowest BCUT2D eigenvalue weighted by molar-refractivity contribution is -0.151. The van der Waals surface area contributed by atoms with Crippen LogP contribution in [-0.2, 0) is 9.53 Å². The number of benzene rings is 1. The summed E-state index contributed by atoms with van der Waals surface area (Å²) < 4.78 is 6.88. The van der Waals surface area contributed by atoms with Gasteiger partial charge in [0.15, 0.2) is 0 Å². The number of esters is 1. The highest BCUT2D eigenvalue weighted by atomic mass is 35.5. The molecule has 0 spiro atoms. The summed E-state index contributed by atoms with van der Waals surface area (Å²) in [5.41, 5.74) is 2.01. The maximum atomic E-state index is 12.8. The number of amides is 1. The highest BCUT2D eigenvalue weighted by Crippen LogP contribution is 2.43. The van der Waals surface area contributed by atoms with Crippen LogP contribution in [-0.4, -0.2) is 34.3 Å². The molecule has 2 aromatic rings. The van der Waals surface area contributed by atoms with Crippen LogP contribution in [0.2, 0.25) is 10.0 Å². The molecule has 1 aromatic carbocycles. The average Bonchev–Trinajstić information content (AvgIpc) is 3.37. The number of aromatic nitrogens is 2. The van der Waals surface area contributed by atoms with Gasteiger partial charge in [-0.1, -0.05) is 30.1 Å². The molecule has 1 fully saturated rings. The molecule has 6 nitrogen and oxygen atoms in total. The van der Waals surface area contributed by atoms with Crippen LogP contribution in [0.15, 0.2) is 24.4 Å². The molecule has 1 N–H and O–H groups in total. The molecule has 1 aliphatic carbocycles. The fourth-order valence-corrected chi connectivity index (χ4v) is 3.39. The van der Waals surface area contributed by atoms with Crippen LogP contribution in [0.1, 0.15) is 55.6 Å². The van der Waals surface area contributed by atoms with Crippen LogP contribution < -0.4 is 5.32 Å². The second-order valence-electron chi connectivity index (χ2n) is 7.32. The lowest BCUT2D eigenvalue weighted by atomic mass is 10.1. The summed E-state index contributed by atoms with van der Waals surface area (Å²) in [6, 6.07) is 5.18.